The van der Waals surface area contributed by atoms with Crippen LogP contribution < -0.4 is 0 Å². The summed E-state index contributed by atoms with van der Waals surface area (Å²) in [5.41, 5.74) is 0.0373. The average molecular weight is 339 g/mol. The number of nitrogens with zero attached hydrogens (tertiary/aromatic N) is 1. The molecule has 0 aromatic heterocycles. The molecule has 0 aliphatic carbocycles. The Kier molecular flexibility index (Phi) is 9.79. The van der Waals surface area contributed by atoms with Crippen LogP contribution in [0.3, 0.4) is 0 Å². The SMILES string of the molecule is C=CC(=O)OC(C)[N+](C)(CC)C(C)(C)C.CCOS(=O)(=O)[O-]. The second-order valence-electron chi connectivity index (χ2n) is 5.81. The normalized spacial score (nSPS) is 15.8. The van der Waals surface area contributed by atoms with Crippen LogP contribution in [0.1, 0.15) is 41.5 Å². The van der Waals surface area contributed by atoms with Crippen molar-refractivity contribution in [3.63, 3.8) is 0 Å². The van der Waals surface area contributed by atoms with Gasteiger partial charge in [-0.15, -0.1) is 0 Å². The van der Waals surface area contributed by atoms with E-state index in [4.69, 9.17) is 4.74 Å². The van der Waals surface area contributed by atoms with Crippen molar-refractivity contribution in [1.29, 1.82) is 0 Å². The van der Waals surface area contributed by atoms with Crippen molar-refractivity contribution in [3.8, 4) is 0 Å². The molecule has 0 radical (unpaired) electrons. The number of rotatable bonds is 6. The zero-order chi connectivity index (χ0) is 18.2. The predicted octanol–water partition coefficient (Wildman–Crippen LogP) is 1.81. The van der Waals surface area contributed by atoms with E-state index >= 15 is 0 Å². The van der Waals surface area contributed by atoms with Crippen molar-refractivity contribution in [3.05, 3.63) is 12.7 Å². The lowest BCUT2D eigenvalue weighted by atomic mass is 10.0. The standard InChI is InChI=1S/C12H24NO2.C2H6O4S/c1-8-11(14)15-10(3)13(7,9-2)12(4,5)6;1-2-6-7(3,4)5/h8,10H,1,9H2,2-7H3;2H2,1H3,(H,3,4,5)/q+1;/p-1. The van der Waals surface area contributed by atoms with E-state index in [-0.39, 0.29) is 24.3 Å². The average Bonchev–Trinajstić information content (AvgIpc) is 2.35. The lowest BCUT2D eigenvalue weighted by molar-refractivity contribution is -0.989. The Bertz CT molecular complexity index is 454. The Labute approximate surface area is 134 Å². The fourth-order valence-electron chi connectivity index (χ4n) is 1.75. The highest BCUT2D eigenvalue weighted by Gasteiger charge is 2.41. The summed E-state index contributed by atoms with van der Waals surface area (Å²) in [6.07, 6.45) is 1.04. The molecule has 2 unspecified atom stereocenters. The third-order valence-electron chi connectivity index (χ3n) is 3.71. The number of ether oxygens (including phenoxy) is 1. The molecule has 0 saturated heterocycles. The van der Waals surface area contributed by atoms with Gasteiger partial charge in [0, 0.05) is 13.0 Å². The molecule has 0 bridgehead atoms. The lowest BCUT2D eigenvalue weighted by Gasteiger charge is -2.48. The quantitative estimate of drug-likeness (QED) is 0.183. The van der Waals surface area contributed by atoms with E-state index in [0.29, 0.717) is 4.48 Å². The molecule has 0 fully saturated rings. The molecular formula is C14H29NO6S. The summed E-state index contributed by atoms with van der Waals surface area (Å²) in [5, 5.41) is 0. The predicted molar refractivity (Wildman–Crippen MR) is 83.6 cm³/mol. The van der Waals surface area contributed by atoms with E-state index < -0.39 is 10.4 Å². The first-order valence-electron chi connectivity index (χ1n) is 7.03. The molecule has 0 rings (SSSR count). The third-order valence-corrected chi connectivity index (χ3v) is 4.23. The highest BCUT2D eigenvalue weighted by molar-refractivity contribution is 7.80. The van der Waals surface area contributed by atoms with Gasteiger partial charge in [0.05, 0.1) is 25.7 Å². The van der Waals surface area contributed by atoms with Gasteiger partial charge in [0.1, 0.15) is 0 Å². The lowest BCUT2D eigenvalue weighted by Crippen LogP contribution is -2.62. The van der Waals surface area contributed by atoms with Crippen molar-refractivity contribution in [2.75, 3.05) is 20.2 Å². The molecule has 0 amide bonds. The smallest absolute Gasteiger partial charge is 0.334 e. The van der Waals surface area contributed by atoms with E-state index in [2.05, 4.69) is 45.5 Å². The van der Waals surface area contributed by atoms with Crippen LogP contribution >= 0.6 is 0 Å². The van der Waals surface area contributed by atoms with E-state index in [1.54, 1.807) is 0 Å². The summed E-state index contributed by atoms with van der Waals surface area (Å²) >= 11 is 0. The second kappa shape index (κ2) is 9.24. The minimum atomic E-state index is -4.42. The molecular weight excluding hydrogens is 310 g/mol. The molecule has 0 aliphatic heterocycles. The van der Waals surface area contributed by atoms with Crippen LogP contribution in [0.25, 0.3) is 0 Å². The summed E-state index contributed by atoms with van der Waals surface area (Å²) < 4.78 is 38.0. The van der Waals surface area contributed by atoms with Crippen LogP contribution in [0, 0.1) is 0 Å². The molecule has 8 heteroatoms. The molecule has 0 spiro atoms. The maximum atomic E-state index is 11.2. The molecule has 0 saturated carbocycles. The summed E-state index contributed by atoms with van der Waals surface area (Å²) in [6.45, 7) is 16.1. The van der Waals surface area contributed by atoms with E-state index in [9.17, 15) is 17.8 Å². The van der Waals surface area contributed by atoms with E-state index in [0.717, 1.165) is 6.54 Å². The maximum absolute atomic E-state index is 11.2. The minimum Gasteiger partial charge on any atom is -0.726 e. The molecule has 7 nitrogen and oxygen atoms in total. The molecule has 0 aromatic carbocycles. The molecule has 132 valence electrons. The van der Waals surface area contributed by atoms with Gasteiger partial charge in [0.25, 0.3) is 0 Å². The maximum Gasteiger partial charge on any atom is 0.334 e. The number of esters is 1. The van der Waals surface area contributed by atoms with E-state index in [1.165, 1.54) is 13.0 Å². The van der Waals surface area contributed by atoms with Crippen LogP contribution in [0.15, 0.2) is 12.7 Å². The molecule has 22 heavy (non-hydrogen) atoms. The van der Waals surface area contributed by atoms with E-state index in [1.807, 2.05) is 6.92 Å². The number of carbonyl (C=O) groups excluding carboxylic acids is 1. The summed E-state index contributed by atoms with van der Waals surface area (Å²) in [5.74, 6) is -0.357. The largest absolute Gasteiger partial charge is 0.726 e. The van der Waals surface area contributed by atoms with Gasteiger partial charge >= 0.3 is 5.97 Å². The summed E-state index contributed by atoms with van der Waals surface area (Å²) in [7, 11) is -2.33. The molecule has 0 heterocycles. The Balaban J connectivity index is 0. The van der Waals surface area contributed by atoms with Gasteiger partial charge < -0.3 is 9.29 Å². The highest BCUT2D eigenvalue weighted by atomic mass is 32.3. The molecule has 0 aliphatic rings. The van der Waals surface area contributed by atoms with Crippen molar-refractivity contribution in [2.45, 2.75) is 53.3 Å². The minimum absolute atomic E-state index is 0.0373. The van der Waals surface area contributed by atoms with Crippen molar-refractivity contribution < 1.29 is 31.2 Å². The topological polar surface area (TPSA) is 92.7 Å². The molecule has 2 atom stereocenters. The number of quaternary nitrogens is 1. The molecule has 0 aromatic rings. The monoisotopic (exact) mass is 339 g/mol. The second-order valence-corrected chi connectivity index (χ2v) is 6.86. The van der Waals surface area contributed by atoms with Gasteiger partial charge in [-0.05, 0) is 34.6 Å². The Morgan fingerprint density at radius 2 is 1.82 bits per heavy atom. The molecule has 0 N–H and O–H groups in total. The fourth-order valence-corrected chi connectivity index (χ4v) is 2.04. The van der Waals surface area contributed by atoms with Gasteiger partial charge in [0.2, 0.25) is 16.6 Å². The van der Waals surface area contributed by atoms with Crippen LogP contribution in [-0.2, 0) is 24.1 Å². The Morgan fingerprint density at radius 3 is 2.00 bits per heavy atom. The first-order chi connectivity index (χ1) is 9.75. The van der Waals surface area contributed by atoms with Gasteiger partial charge in [-0.1, -0.05) is 6.58 Å². The fraction of sp³-hybridized carbons (Fsp3) is 0.786. The van der Waals surface area contributed by atoms with Gasteiger partial charge in [-0.2, -0.15) is 0 Å². The van der Waals surface area contributed by atoms with Crippen LogP contribution in [0.4, 0.5) is 0 Å². The Morgan fingerprint density at radius 1 is 1.36 bits per heavy atom. The van der Waals surface area contributed by atoms with Crippen LogP contribution in [0.5, 0.6) is 0 Å². The number of hydrogen-bond acceptors (Lipinski definition) is 6. The third kappa shape index (κ3) is 8.47. The van der Waals surface area contributed by atoms with Crippen LogP contribution in [0.2, 0.25) is 0 Å². The highest BCUT2D eigenvalue weighted by Crippen LogP contribution is 2.26. The zero-order valence-electron chi connectivity index (χ0n) is 14.6. The van der Waals surface area contributed by atoms with Gasteiger partial charge in [0.15, 0.2) is 0 Å². The van der Waals surface area contributed by atoms with Crippen LogP contribution in [-0.4, -0.2) is 55.4 Å². The summed E-state index contributed by atoms with van der Waals surface area (Å²) in [6, 6.07) is 0. The van der Waals surface area contributed by atoms with Gasteiger partial charge in [-0.3, -0.25) is 8.67 Å². The first kappa shape index (κ1) is 23.3. The van der Waals surface area contributed by atoms with Crippen molar-refractivity contribution in [1.82, 2.24) is 0 Å². The number of carbonyl (C=O) groups is 1. The zero-order valence-corrected chi connectivity index (χ0v) is 15.4. The number of hydrogen-bond donors (Lipinski definition) is 0. The Hall–Kier alpha value is -0.960. The van der Waals surface area contributed by atoms with Crippen molar-refractivity contribution >= 4 is 16.4 Å². The summed E-state index contributed by atoms with van der Waals surface area (Å²) in [4.78, 5) is 11.2. The van der Waals surface area contributed by atoms with Crippen molar-refractivity contribution in [2.24, 2.45) is 0 Å². The van der Waals surface area contributed by atoms with Gasteiger partial charge in [-0.25, -0.2) is 13.2 Å². The first-order valence-corrected chi connectivity index (χ1v) is 8.37.